The first-order chi connectivity index (χ1) is 10.1. The third kappa shape index (κ3) is 3.15. The lowest BCUT2D eigenvalue weighted by Gasteiger charge is -2.18. The normalized spacial score (nSPS) is 10.7. The first-order valence-electron chi connectivity index (χ1n) is 7.29. The van der Waals surface area contributed by atoms with Gasteiger partial charge in [-0.25, -0.2) is 0 Å². The van der Waals surface area contributed by atoms with Gasteiger partial charge in [-0.05, 0) is 42.0 Å². The number of aldehydes is 1. The van der Waals surface area contributed by atoms with E-state index in [4.69, 9.17) is 4.74 Å². The maximum atomic E-state index is 11.6. The topological polar surface area (TPSA) is 26.3 Å². The minimum absolute atomic E-state index is 0.531. The number of ether oxygens (including phenoxy) is 1. The van der Waals surface area contributed by atoms with E-state index in [9.17, 15) is 4.79 Å². The molecular weight excluding hydrogens is 260 g/mol. The van der Waals surface area contributed by atoms with Crippen LogP contribution in [0.2, 0.25) is 0 Å². The molecule has 0 radical (unpaired) electrons. The second-order valence-corrected chi connectivity index (χ2v) is 5.74. The Balaban J connectivity index is 2.69. The first-order valence-corrected chi connectivity index (χ1v) is 7.29. The van der Waals surface area contributed by atoms with E-state index in [0.29, 0.717) is 11.5 Å². The molecule has 0 amide bonds. The molecule has 0 N–H and O–H groups in total. The Morgan fingerprint density at radius 3 is 2.38 bits per heavy atom. The van der Waals surface area contributed by atoms with Crippen LogP contribution in [0.1, 0.15) is 35.3 Å². The summed E-state index contributed by atoms with van der Waals surface area (Å²) in [5.41, 5.74) is 4.85. The molecule has 2 aromatic rings. The molecule has 2 nitrogen and oxygen atoms in total. The van der Waals surface area contributed by atoms with Crippen molar-refractivity contribution in [2.75, 3.05) is 7.11 Å². The zero-order chi connectivity index (χ0) is 15.4. The number of methoxy groups -OCH3 is 1. The van der Waals surface area contributed by atoms with E-state index in [2.05, 4.69) is 19.9 Å². The summed E-state index contributed by atoms with van der Waals surface area (Å²) in [6, 6.07) is 12.1. The van der Waals surface area contributed by atoms with Gasteiger partial charge in [0.25, 0.3) is 0 Å². The average Bonchev–Trinajstić information content (AvgIpc) is 2.47. The summed E-state index contributed by atoms with van der Waals surface area (Å²) >= 11 is 0. The van der Waals surface area contributed by atoms with Crippen molar-refractivity contribution in [3.63, 3.8) is 0 Å². The number of carbonyl (C=O) groups is 1. The molecular formula is C19H22O2. The lowest BCUT2D eigenvalue weighted by atomic mass is 9.90. The average molecular weight is 282 g/mol. The quantitative estimate of drug-likeness (QED) is 0.744. The van der Waals surface area contributed by atoms with Crippen molar-refractivity contribution in [2.24, 2.45) is 5.92 Å². The Hall–Kier alpha value is -2.09. The maximum Gasteiger partial charge on any atom is 0.151 e. The summed E-state index contributed by atoms with van der Waals surface area (Å²) in [6.07, 6.45) is 1.86. The van der Waals surface area contributed by atoms with E-state index in [1.165, 1.54) is 0 Å². The SMILES string of the molecule is COc1c(CC(C)C)cc(-c2ccccc2)c(C=O)c1C. The number of rotatable bonds is 5. The lowest BCUT2D eigenvalue weighted by Crippen LogP contribution is -2.04. The summed E-state index contributed by atoms with van der Waals surface area (Å²) in [5, 5.41) is 0. The van der Waals surface area contributed by atoms with Crippen molar-refractivity contribution in [1.82, 2.24) is 0 Å². The van der Waals surface area contributed by atoms with Gasteiger partial charge in [-0.2, -0.15) is 0 Å². The van der Waals surface area contributed by atoms with Crippen LogP contribution < -0.4 is 4.74 Å². The van der Waals surface area contributed by atoms with E-state index in [1.54, 1.807) is 7.11 Å². The second kappa shape index (κ2) is 6.57. The van der Waals surface area contributed by atoms with Gasteiger partial charge >= 0.3 is 0 Å². The van der Waals surface area contributed by atoms with Crippen molar-refractivity contribution in [1.29, 1.82) is 0 Å². The Labute approximate surface area is 126 Å². The summed E-state index contributed by atoms with van der Waals surface area (Å²) in [7, 11) is 1.67. The van der Waals surface area contributed by atoms with Gasteiger partial charge in [-0.1, -0.05) is 44.2 Å². The number of hydrogen-bond acceptors (Lipinski definition) is 2. The molecule has 0 fully saturated rings. The van der Waals surface area contributed by atoms with Crippen LogP contribution in [-0.4, -0.2) is 13.4 Å². The molecule has 0 bridgehead atoms. The molecule has 0 aliphatic rings. The van der Waals surface area contributed by atoms with E-state index >= 15 is 0 Å². The van der Waals surface area contributed by atoms with E-state index < -0.39 is 0 Å². The molecule has 0 aliphatic carbocycles. The number of carbonyl (C=O) groups excluding carboxylic acids is 1. The maximum absolute atomic E-state index is 11.6. The molecule has 0 unspecified atom stereocenters. The van der Waals surface area contributed by atoms with Gasteiger partial charge in [0, 0.05) is 11.1 Å². The Bertz CT molecular complexity index is 628. The van der Waals surface area contributed by atoms with E-state index in [0.717, 1.165) is 40.7 Å². The van der Waals surface area contributed by atoms with Crippen molar-refractivity contribution >= 4 is 6.29 Å². The zero-order valence-corrected chi connectivity index (χ0v) is 13.1. The Morgan fingerprint density at radius 2 is 1.86 bits per heavy atom. The van der Waals surface area contributed by atoms with Crippen LogP contribution in [-0.2, 0) is 6.42 Å². The molecule has 110 valence electrons. The predicted octanol–water partition coefficient (Wildman–Crippen LogP) is 4.68. The van der Waals surface area contributed by atoms with Gasteiger partial charge in [-0.15, -0.1) is 0 Å². The smallest absolute Gasteiger partial charge is 0.151 e. The van der Waals surface area contributed by atoms with Crippen LogP contribution in [0.5, 0.6) is 5.75 Å². The van der Waals surface area contributed by atoms with Crippen molar-refractivity contribution in [3.05, 3.63) is 53.1 Å². The summed E-state index contributed by atoms with van der Waals surface area (Å²) in [5.74, 6) is 1.37. The van der Waals surface area contributed by atoms with Gasteiger partial charge in [0.05, 0.1) is 7.11 Å². The van der Waals surface area contributed by atoms with E-state index in [-0.39, 0.29) is 0 Å². The molecule has 0 saturated heterocycles. The predicted molar refractivity (Wildman–Crippen MR) is 87.1 cm³/mol. The van der Waals surface area contributed by atoms with Crippen molar-refractivity contribution in [3.8, 4) is 16.9 Å². The van der Waals surface area contributed by atoms with Crippen LogP contribution in [0.4, 0.5) is 0 Å². The van der Waals surface area contributed by atoms with Gasteiger partial charge in [0.1, 0.15) is 5.75 Å². The second-order valence-electron chi connectivity index (χ2n) is 5.74. The molecule has 0 aromatic heterocycles. The molecule has 2 heteroatoms. The molecule has 0 spiro atoms. The van der Waals surface area contributed by atoms with Crippen LogP contribution in [0, 0.1) is 12.8 Å². The molecule has 2 aromatic carbocycles. The third-order valence-corrected chi connectivity index (χ3v) is 3.68. The monoisotopic (exact) mass is 282 g/mol. The number of hydrogen-bond donors (Lipinski definition) is 0. The Kier molecular flexibility index (Phi) is 4.79. The highest BCUT2D eigenvalue weighted by atomic mass is 16.5. The molecule has 21 heavy (non-hydrogen) atoms. The van der Waals surface area contributed by atoms with Crippen molar-refractivity contribution in [2.45, 2.75) is 27.2 Å². The molecule has 0 heterocycles. The summed E-state index contributed by atoms with van der Waals surface area (Å²) in [4.78, 5) is 11.6. The van der Waals surface area contributed by atoms with Gasteiger partial charge < -0.3 is 4.74 Å². The number of benzene rings is 2. The first kappa shape index (κ1) is 15.3. The fraction of sp³-hybridized carbons (Fsp3) is 0.316. The third-order valence-electron chi connectivity index (χ3n) is 3.68. The Morgan fingerprint density at radius 1 is 1.19 bits per heavy atom. The summed E-state index contributed by atoms with van der Waals surface area (Å²) < 4.78 is 5.55. The highest BCUT2D eigenvalue weighted by Gasteiger charge is 2.17. The van der Waals surface area contributed by atoms with Crippen LogP contribution in [0.15, 0.2) is 36.4 Å². The highest BCUT2D eigenvalue weighted by molar-refractivity contribution is 5.91. The van der Waals surface area contributed by atoms with Gasteiger partial charge in [-0.3, -0.25) is 4.79 Å². The van der Waals surface area contributed by atoms with Crippen LogP contribution >= 0.6 is 0 Å². The minimum Gasteiger partial charge on any atom is -0.496 e. The van der Waals surface area contributed by atoms with Gasteiger partial charge in [0.2, 0.25) is 0 Å². The highest BCUT2D eigenvalue weighted by Crippen LogP contribution is 2.35. The lowest BCUT2D eigenvalue weighted by molar-refractivity contribution is 0.112. The summed E-state index contributed by atoms with van der Waals surface area (Å²) in [6.45, 7) is 6.33. The molecule has 0 saturated carbocycles. The van der Waals surface area contributed by atoms with E-state index in [1.807, 2.05) is 37.3 Å². The zero-order valence-electron chi connectivity index (χ0n) is 13.1. The van der Waals surface area contributed by atoms with Gasteiger partial charge in [0.15, 0.2) is 6.29 Å². The minimum atomic E-state index is 0.531. The standard InChI is InChI=1S/C19H22O2/c1-13(2)10-16-11-17(15-8-6-5-7-9-15)18(12-20)14(3)19(16)21-4/h5-9,11-13H,10H2,1-4H3. The fourth-order valence-corrected chi connectivity index (χ4v) is 2.77. The molecule has 0 atom stereocenters. The molecule has 0 aliphatic heterocycles. The molecule has 2 rings (SSSR count). The van der Waals surface area contributed by atoms with Crippen LogP contribution in [0.3, 0.4) is 0 Å². The largest absolute Gasteiger partial charge is 0.496 e. The fourth-order valence-electron chi connectivity index (χ4n) is 2.77. The van der Waals surface area contributed by atoms with Crippen LogP contribution in [0.25, 0.3) is 11.1 Å². The van der Waals surface area contributed by atoms with Crippen molar-refractivity contribution < 1.29 is 9.53 Å².